The summed E-state index contributed by atoms with van der Waals surface area (Å²) in [6, 6.07) is 8.36. The van der Waals surface area contributed by atoms with Gasteiger partial charge in [-0.15, -0.1) is 11.8 Å². The van der Waals surface area contributed by atoms with E-state index in [1.54, 1.807) is 0 Å². The molecule has 1 N–H and O–H groups in total. The number of hydrogen-bond acceptors (Lipinski definition) is 3. The largest absolute Gasteiger partial charge is 0.338 e. The Morgan fingerprint density at radius 2 is 2.14 bits per heavy atom. The first-order chi connectivity index (χ1) is 10.2. The number of nitrogens with one attached hydrogen (secondary N) is 1. The molecule has 5 heteroatoms. The Labute approximate surface area is 135 Å². The Hall–Kier alpha value is -0.710. The summed E-state index contributed by atoms with van der Waals surface area (Å²) in [5, 5.41) is 4.07. The van der Waals surface area contributed by atoms with E-state index >= 15 is 0 Å². The quantitative estimate of drug-likeness (QED) is 0.928. The summed E-state index contributed by atoms with van der Waals surface area (Å²) >= 11 is 7.75. The molecule has 0 spiro atoms. The second-order valence-corrected chi connectivity index (χ2v) is 7.25. The Kier molecular flexibility index (Phi) is 5.09. The zero-order valence-corrected chi connectivity index (χ0v) is 13.6. The molecule has 0 bridgehead atoms. The lowest BCUT2D eigenvalue weighted by Crippen LogP contribution is -2.52. The molecule has 3 rings (SSSR count). The summed E-state index contributed by atoms with van der Waals surface area (Å²) < 4.78 is 0. The molecule has 21 heavy (non-hydrogen) atoms. The summed E-state index contributed by atoms with van der Waals surface area (Å²) in [6.07, 6.45) is 4.38. The number of likely N-dealkylation sites (tertiary alicyclic amines) is 1. The number of nitrogens with zero attached hydrogens (tertiary/aromatic N) is 1. The van der Waals surface area contributed by atoms with Crippen LogP contribution in [0.2, 0.25) is 5.02 Å². The lowest BCUT2D eigenvalue weighted by Gasteiger charge is -2.37. The van der Waals surface area contributed by atoms with Gasteiger partial charge in [-0.2, -0.15) is 0 Å². The fourth-order valence-corrected chi connectivity index (χ4v) is 4.21. The van der Waals surface area contributed by atoms with E-state index in [-0.39, 0.29) is 6.04 Å². The van der Waals surface area contributed by atoms with E-state index < -0.39 is 0 Å². The van der Waals surface area contributed by atoms with Crippen LogP contribution >= 0.6 is 23.4 Å². The number of amides is 1. The van der Waals surface area contributed by atoms with Crippen LogP contribution in [0.5, 0.6) is 0 Å². The number of carbonyl (C=O) groups is 1. The molecule has 2 fully saturated rings. The Morgan fingerprint density at radius 3 is 2.86 bits per heavy atom. The van der Waals surface area contributed by atoms with Crippen molar-refractivity contribution in [3.05, 3.63) is 34.9 Å². The SMILES string of the molecule is O=C(C1CSCN1)N1CCCCC1Cc1ccc(Cl)cc1. The number of piperidine rings is 1. The van der Waals surface area contributed by atoms with E-state index in [0.717, 1.165) is 42.5 Å². The molecule has 2 heterocycles. The second kappa shape index (κ2) is 7.03. The highest BCUT2D eigenvalue weighted by Gasteiger charge is 2.32. The maximum absolute atomic E-state index is 12.7. The fraction of sp³-hybridized carbons (Fsp3) is 0.562. The van der Waals surface area contributed by atoms with Gasteiger partial charge in [-0.3, -0.25) is 10.1 Å². The molecular formula is C16H21ClN2OS. The van der Waals surface area contributed by atoms with E-state index in [1.807, 2.05) is 23.9 Å². The van der Waals surface area contributed by atoms with Gasteiger partial charge in [0.1, 0.15) is 0 Å². The summed E-state index contributed by atoms with van der Waals surface area (Å²) in [5.74, 6) is 2.09. The Morgan fingerprint density at radius 1 is 1.33 bits per heavy atom. The van der Waals surface area contributed by atoms with Gasteiger partial charge in [-0.1, -0.05) is 23.7 Å². The predicted molar refractivity (Wildman–Crippen MR) is 88.8 cm³/mol. The van der Waals surface area contributed by atoms with Crippen LogP contribution in [0.4, 0.5) is 0 Å². The molecule has 0 saturated carbocycles. The van der Waals surface area contributed by atoms with E-state index in [1.165, 1.54) is 12.0 Å². The zero-order chi connectivity index (χ0) is 14.7. The molecule has 1 amide bonds. The molecule has 2 aliphatic rings. The van der Waals surface area contributed by atoms with Crippen LogP contribution in [0.1, 0.15) is 24.8 Å². The molecular weight excluding hydrogens is 304 g/mol. The van der Waals surface area contributed by atoms with Crippen molar-refractivity contribution in [3.63, 3.8) is 0 Å². The Balaban J connectivity index is 1.68. The van der Waals surface area contributed by atoms with Gasteiger partial charge in [0.25, 0.3) is 0 Å². The van der Waals surface area contributed by atoms with E-state index in [2.05, 4.69) is 22.3 Å². The third-order valence-electron chi connectivity index (χ3n) is 4.31. The monoisotopic (exact) mass is 324 g/mol. The summed E-state index contributed by atoms with van der Waals surface area (Å²) in [6.45, 7) is 0.903. The van der Waals surface area contributed by atoms with Crippen LogP contribution in [0.15, 0.2) is 24.3 Å². The lowest BCUT2D eigenvalue weighted by atomic mass is 9.95. The van der Waals surface area contributed by atoms with Crippen LogP contribution in [-0.4, -0.2) is 41.1 Å². The molecule has 1 aromatic carbocycles. The highest BCUT2D eigenvalue weighted by atomic mass is 35.5. The van der Waals surface area contributed by atoms with Crippen molar-refractivity contribution in [3.8, 4) is 0 Å². The van der Waals surface area contributed by atoms with Gasteiger partial charge in [-0.05, 0) is 43.4 Å². The minimum absolute atomic E-state index is 0.0146. The van der Waals surface area contributed by atoms with Gasteiger partial charge in [-0.25, -0.2) is 0 Å². The molecule has 2 unspecified atom stereocenters. The van der Waals surface area contributed by atoms with Crippen molar-refractivity contribution in [1.82, 2.24) is 10.2 Å². The third kappa shape index (κ3) is 3.74. The number of thioether (sulfide) groups is 1. The standard InChI is InChI=1S/C16H21ClN2OS/c17-13-6-4-12(5-7-13)9-14-3-1-2-8-19(14)16(20)15-10-21-11-18-15/h4-7,14-15,18H,1-3,8-11H2. The van der Waals surface area contributed by atoms with Gasteiger partial charge in [0.15, 0.2) is 0 Å². The first kappa shape index (κ1) is 15.2. The molecule has 1 aromatic rings. The number of carbonyl (C=O) groups excluding carboxylic acids is 1. The van der Waals surface area contributed by atoms with Crippen molar-refractivity contribution < 1.29 is 4.79 Å². The topological polar surface area (TPSA) is 32.3 Å². The van der Waals surface area contributed by atoms with Gasteiger partial charge in [0.2, 0.25) is 5.91 Å². The van der Waals surface area contributed by atoms with E-state index in [4.69, 9.17) is 11.6 Å². The van der Waals surface area contributed by atoms with Crippen molar-refractivity contribution in [2.75, 3.05) is 18.2 Å². The number of hydrogen-bond donors (Lipinski definition) is 1. The second-order valence-electron chi connectivity index (χ2n) is 5.78. The lowest BCUT2D eigenvalue weighted by molar-refractivity contribution is -0.136. The highest BCUT2D eigenvalue weighted by molar-refractivity contribution is 7.99. The highest BCUT2D eigenvalue weighted by Crippen LogP contribution is 2.24. The number of benzene rings is 1. The van der Waals surface area contributed by atoms with Gasteiger partial charge >= 0.3 is 0 Å². The molecule has 0 aromatic heterocycles. The molecule has 2 aliphatic heterocycles. The third-order valence-corrected chi connectivity index (χ3v) is 5.50. The predicted octanol–water partition coefficient (Wildman–Crippen LogP) is 2.93. The molecule has 2 atom stereocenters. The van der Waals surface area contributed by atoms with Crippen LogP contribution in [-0.2, 0) is 11.2 Å². The van der Waals surface area contributed by atoms with Crippen molar-refractivity contribution in [2.45, 2.75) is 37.8 Å². The summed E-state index contributed by atoms with van der Waals surface area (Å²) in [5.41, 5.74) is 1.26. The van der Waals surface area contributed by atoms with Crippen molar-refractivity contribution in [2.24, 2.45) is 0 Å². The van der Waals surface area contributed by atoms with Crippen molar-refractivity contribution >= 4 is 29.3 Å². The first-order valence-corrected chi connectivity index (χ1v) is 9.13. The summed E-state index contributed by atoms with van der Waals surface area (Å²) in [4.78, 5) is 14.8. The smallest absolute Gasteiger partial charge is 0.240 e. The maximum atomic E-state index is 12.7. The van der Waals surface area contributed by atoms with Gasteiger partial charge in [0, 0.05) is 29.2 Å². The fourth-order valence-electron chi connectivity index (χ4n) is 3.15. The normalized spacial score (nSPS) is 26.0. The molecule has 0 radical (unpaired) electrons. The first-order valence-electron chi connectivity index (χ1n) is 7.60. The minimum atomic E-state index is 0.0146. The van der Waals surface area contributed by atoms with Crippen LogP contribution < -0.4 is 5.32 Å². The van der Waals surface area contributed by atoms with E-state index in [0.29, 0.717) is 11.9 Å². The van der Waals surface area contributed by atoms with Crippen LogP contribution in [0.3, 0.4) is 0 Å². The molecule has 0 aliphatic carbocycles. The maximum Gasteiger partial charge on any atom is 0.240 e. The van der Waals surface area contributed by atoms with Crippen LogP contribution in [0, 0.1) is 0 Å². The number of rotatable bonds is 3. The summed E-state index contributed by atoms with van der Waals surface area (Å²) in [7, 11) is 0. The van der Waals surface area contributed by atoms with Crippen molar-refractivity contribution in [1.29, 1.82) is 0 Å². The minimum Gasteiger partial charge on any atom is -0.338 e. The number of halogens is 1. The average molecular weight is 325 g/mol. The zero-order valence-electron chi connectivity index (χ0n) is 12.1. The molecule has 114 valence electrons. The van der Waals surface area contributed by atoms with E-state index in [9.17, 15) is 4.79 Å². The van der Waals surface area contributed by atoms with Gasteiger partial charge in [0.05, 0.1) is 6.04 Å². The molecule has 3 nitrogen and oxygen atoms in total. The Bertz CT molecular complexity index is 488. The van der Waals surface area contributed by atoms with Crippen LogP contribution in [0.25, 0.3) is 0 Å². The average Bonchev–Trinajstić information content (AvgIpc) is 3.04. The van der Waals surface area contributed by atoms with Gasteiger partial charge < -0.3 is 4.90 Å². The molecule has 2 saturated heterocycles.